The quantitative estimate of drug-likeness (QED) is 0.749. The number of nitrogens with one attached hydrogen (secondary N) is 2. The van der Waals surface area contributed by atoms with Gasteiger partial charge in [-0.15, -0.1) is 0 Å². The van der Waals surface area contributed by atoms with Crippen LogP contribution in [0.4, 0.5) is 15.9 Å². The number of benzene rings is 1. The fraction of sp³-hybridized carbons (Fsp3) is 0.250. The van der Waals surface area contributed by atoms with Crippen LogP contribution >= 0.6 is 0 Å². The van der Waals surface area contributed by atoms with Crippen molar-refractivity contribution in [2.75, 3.05) is 10.5 Å². The zero-order chi connectivity index (χ0) is 14.9. The van der Waals surface area contributed by atoms with Crippen molar-refractivity contribution in [1.82, 2.24) is 10.2 Å². The molecule has 1 aromatic heterocycles. The topological polar surface area (TPSA) is 101 Å². The first-order chi connectivity index (χ1) is 9.35. The van der Waals surface area contributed by atoms with Gasteiger partial charge in [0.1, 0.15) is 11.6 Å². The van der Waals surface area contributed by atoms with Gasteiger partial charge < -0.3 is 5.73 Å². The van der Waals surface area contributed by atoms with Crippen LogP contribution < -0.4 is 10.5 Å². The van der Waals surface area contributed by atoms with Crippen LogP contribution in [0, 0.1) is 12.7 Å². The number of hydrogen-bond acceptors (Lipinski definition) is 4. The maximum absolute atomic E-state index is 13.6. The van der Waals surface area contributed by atoms with Crippen LogP contribution in [-0.2, 0) is 16.4 Å². The summed E-state index contributed by atoms with van der Waals surface area (Å²) in [5.74, 6) is -0.391. The Morgan fingerprint density at radius 3 is 2.75 bits per heavy atom. The minimum atomic E-state index is -3.92. The van der Waals surface area contributed by atoms with E-state index in [1.165, 1.54) is 19.2 Å². The van der Waals surface area contributed by atoms with E-state index >= 15 is 0 Å². The first-order valence-corrected chi connectivity index (χ1v) is 7.44. The van der Waals surface area contributed by atoms with Gasteiger partial charge in [-0.25, -0.2) is 12.8 Å². The standard InChI is InChI=1S/C12H15FN4O2S/c1-3-8-6-15-16-12(8)17-20(18,19)9-4-10(13)7(2)11(14)5-9/h4-6H,3,14H2,1-2H3,(H2,15,16,17). The first kappa shape index (κ1) is 14.3. The number of aromatic amines is 1. The summed E-state index contributed by atoms with van der Waals surface area (Å²) in [6.07, 6.45) is 2.14. The van der Waals surface area contributed by atoms with Crippen molar-refractivity contribution in [3.8, 4) is 0 Å². The van der Waals surface area contributed by atoms with Gasteiger partial charge in [-0.3, -0.25) is 9.82 Å². The number of aromatic nitrogens is 2. The van der Waals surface area contributed by atoms with E-state index in [1.54, 1.807) is 0 Å². The minimum Gasteiger partial charge on any atom is -0.398 e. The van der Waals surface area contributed by atoms with E-state index in [9.17, 15) is 12.8 Å². The lowest BCUT2D eigenvalue weighted by atomic mass is 10.2. The fourth-order valence-corrected chi connectivity index (χ4v) is 2.79. The van der Waals surface area contributed by atoms with Crippen LogP contribution in [0.2, 0.25) is 0 Å². The first-order valence-electron chi connectivity index (χ1n) is 5.96. The Labute approximate surface area is 116 Å². The van der Waals surface area contributed by atoms with Crippen LogP contribution in [0.5, 0.6) is 0 Å². The van der Waals surface area contributed by atoms with Crippen LogP contribution in [0.25, 0.3) is 0 Å². The molecular formula is C12H15FN4O2S. The second kappa shape index (κ2) is 5.12. The molecule has 20 heavy (non-hydrogen) atoms. The van der Waals surface area contributed by atoms with Crippen molar-refractivity contribution in [2.45, 2.75) is 25.2 Å². The molecule has 1 aromatic carbocycles. The number of rotatable bonds is 4. The van der Waals surface area contributed by atoms with Crippen LogP contribution in [0.3, 0.4) is 0 Å². The zero-order valence-corrected chi connectivity index (χ0v) is 11.9. The molecule has 2 rings (SSSR count). The van der Waals surface area contributed by atoms with Gasteiger partial charge in [-0.2, -0.15) is 5.10 Å². The summed E-state index contributed by atoms with van der Waals surface area (Å²) >= 11 is 0. The normalized spacial score (nSPS) is 11.6. The van der Waals surface area contributed by atoms with Crippen molar-refractivity contribution in [2.24, 2.45) is 0 Å². The average molecular weight is 298 g/mol. The molecule has 0 radical (unpaired) electrons. The Balaban J connectivity index is 2.41. The molecule has 0 aliphatic heterocycles. The van der Waals surface area contributed by atoms with Crippen LogP contribution in [0.1, 0.15) is 18.1 Å². The smallest absolute Gasteiger partial charge is 0.263 e. The summed E-state index contributed by atoms with van der Waals surface area (Å²) < 4.78 is 40.3. The molecule has 0 bridgehead atoms. The SMILES string of the molecule is CCc1cn[nH]c1NS(=O)(=O)c1cc(N)c(C)c(F)c1. The number of hydrogen-bond donors (Lipinski definition) is 3. The molecule has 0 unspecified atom stereocenters. The van der Waals surface area contributed by atoms with Crippen molar-refractivity contribution in [3.05, 3.63) is 35.3 Å². The molecule has 0 aliphatic carbocycles. The Bertz CT molecular complexity index is 717. The second-order valence-electron chi connectivity index (χ2n) is 4.35. The number of aryl methyl sites for hydroxylation is 1. The van der Waals surface area contributed by atoms with Gasteiger partial charge >= 0.3 is 0 Å². The number of nitrogen functional groups attached to an aromatic ring is 1. The minimum absolute atomic E-state index is 0.0886. The Hall–Kier alpha value is -2.09. The third-order valence-corrected chi connectivity index (χ3v) is 4.33. The van der Waals surface area contributed by atoms with Gasteiger partial charge in [0, 0.05) is 16.8 Å². The molecule has 2 aromatic rings. The number of nitrogens with zero attached hydrogens (tertiary/aromatic N) is 1. The van der Waals surface area contributed by atoms with Crippen LogP contribution in [-0.4, -0.2) is 18.6 Å². The molecule has 4 N–H and O–H groups in total. The molecule has 0 aliphatic rings. The Kier molecular flexibility index (Phi) is 3.67. The van der Waals surface area contributed by atoms with Gasteiger partial charge in [0.25, 0.3) is 10.0 Å². The van der Waals surface area contributed by atoms with Gasteiger partial charge in [-0.05, 0) is 25.5 Å². The summed E-state index contributed by atoms with van der Waals surface area (Å²) in [6, 6.07) is 2.17. The monoisotopic (exact) mass is 298 g/mol. The van der Waals surface area contributed by atoms with E-state index in [0.29, 0.717) is 12.0 Å². The largest absolute Gasteiger partial charge is 0.398 e. The second-order valence-corrected chi connectivity index (χ2v) is 6.03. The fourth-order valence-electron chi connectivity index (χ4n) is 1.69. The van der Waals surface area contributed by atoms with E-state index in [1.807, 2.05) is 6.92 Å². The number of anilines is 2. The van der Waals surface area contributed by atoms with Crippen molar-refractivity contribution < 1.29 is 12.8 Å². The molecule has 1 heterocycles. The highest BCUT2D eigenvalue weighted by Gasteiger charge is 2.19. The summed E-state index contributed by atoms with van der Waals surface area (Å²) in [6.45, 7) is 3.35. The van der Waals surface area contributed by atoms with E-state index in [4.69, 9.17) is 5.73 Å². The predicted octanol–water partition coefficient (Wildman–Crippen LogP) is 1.80. The molecule has 0 amide bonds. The number of H-pyrrole nitrogens is 1. The molecule has 6 nitrogen and oxygen atoms in total. The van der Waals surface area contributed by atoms with E-state index in [0.717, 1.165) is 6.07 Å². The van der Waals surface area contributed by atoms with Crippen LogP contribution in [0.15, 0.2) is 23.2 Å². The van der Waals surface area contributed by atoms with E-state index in [2.05, 4.69) is 14.9 Å². The molecule has 8 heteroatoms. The molecular weight excluding hydrogens is 283 g/mol. The number of halogens is 1. The van der Waals surface area contributed by atoms with E-state index < -0.39 is 15.8 Å². The molecule has 0 saturated heterocycles. The Morgan fingerprint density at radius 2 is 2.15 bits per heavy atom. The molecule has 0 fully saturated rings. The predicted molar refractivity (Wildman–Crippen MR) is 74.3 cm³/mol. The molecule has 0 atom stereocenters. The summed E-state index contributed by atoms with van der Waals surface area (Å²) in [5.41, 5.74) is 6.62. The maximum Gasteiger partial charge on any atom is 0.263 e. The summed E-state index contributed by atoms with van der Waals surface area (Å²) in [4.78, 5) is -0.227. The molecule has 108 valence electrons. The highest BCUT2D eigenvalue weighted by Crippen LogP contribution is 2.23. The maximum atomic E-state index is 13.6. The van der Waals surface area contributed by atoms with Crippen molar-refractivity contribution >= 4 is 21.5 Å². The third kappa shape index (κ3) is 2.60. The Morgan fingerprint density at radius 1 is 1.45 bits per heavy atom. The van der Waals surface area contributed by atoms with Gasteiger partial charge in [-0.1, -0.05) is 6.92 Å². The number of sulfonamides is 1. The number of nitrogens with two attached hydrogens (primary N) is 1. The van der Waals surface area contributed by atoms with Gasteiger partial charge in [0.2, 0.25) is 0 Å². The summed E-state index contributed by atoms with van der Waals surface area (Å²) in [5, 5.41) is 6.33. The summed E-state index contributed by atoms with van der Waals surface area (Å²) in [7, 11) is -3.92. The van der Waals surface area contributed by atoms with Gasteiger partial charge in [0.05, 0.1) is 11.1 Å². The van der Waals surface area contributed by atoms with E-state index in [-0.39, 0.29) is 22.0 Å². The lowest BCUT2D eigenvalue weighted by Crippen LogP contribution is -2.15. The highest BCUT2D eigenvalue weighted by atomic mass is 32.2. The third-order valence-electron chi connectivity index (χ3n) is 3.00. The van der Waals surface area contributed by atoms with Crippen molar-refractivity contribution in [1.29, 1.82) is 0 Å². The molecule has 0 spiro atoms. The average Bonchev–Trinajstić information content (AvgIpc) is 2.81. The molecule has 0 saturated carbocycles. The lowest BCUT2D eigenvalue weighted by molar-refractivity contribution is 0.593. The zero-order valence-electron chi connectivity index (χ0n) is 11.1. The lowest BCUT2D eigenvalue weighted by Gasteiger charge is -2.10. The highest BCUT2D eigenvalue weighted by molar-refractivity contribution is 7.92. The van der Waals surface area contributed by atoms with Crippen molar-refractivity contribution in [3.63, 3.8) is 0 Å². The van der Waals surface area contributed by atoms with Gasteiger partial charge in [0.15, 0.2) is 0 Å².